The Bertz CT molecular complexity index is 702. The number of benzene rings is 2. The first-order valence-electron chi connectivity index (χ1n) is 9.09. The van der Waals surface area contributed by atoms with Crippen LogP contribution in [0.1, 0.15) is 24.4 Å². The molecule has 1 N–H and O–H groups in total. The van der Waals surface area contributed by atoms with Gasteiger partial charge in [-0.05, 0) is 55.8 Å². The molecule has 0 saturated carbocycles. The Kier molecular flexibility index (Phi) is 6.97. The number of methoxy groups -OCH3 is 1. The molecule has 0 aliphatic carbocycles. The summed E-state index contributed by atoms with van der Waals surface area (Å²) in [7, 11) is 1.69. The Labute approximate surface area is 159 Å². The summed E-state index contributed by atoms with van der Waals surface area (Å²) in [4.78, 5) is 15.9. The minimum atomic E-state index is 0.0750. The van der Waals surface area contributed by atoms with Crippen LogP contribution in [-0.2, 0) is 4.79 Å². The minimum absolute atomic E-state index is 0.0750. The van der Waals surface area contributed by atoms with E-state index in [1.54, 1.807) is 18.9 Å². The molecule has 1 fully saturated rings. The third-order valence-corrected chi connectivity index (χ3v) is 5.68. The number of likely N-dealkylation sites (tertiary alicyclic amines) is 1. The van der Waals surface area contributed by atoms with E-state index >= 15 is 0 Å². The van der Waals surface area contributed by atoms with E-state index in [1.807, 2.05) is 42.5 Å². The van der Waals surface area contributed by atoms with Crippen LogP contribution in [0.3, 0.4) is 0 Å². The second kappa shape index (κ2) is 9.64. The predicted octanol–water partition coefficient (Wildman–Crippen LogP) is 3.74. The van der Waals surface area contributed by atoms with E-state index in [-0.39, 0.29) is 11.9 Å². The maximum absolute atomic E-state index is 12.3. The van der Waals surface area contributed by atoms with E-state index in [2.05, 4.69) is 22.3 Å². The van der Waals surface area contributed by atoms with E-state index in [0.717, 1.165) is 23.7 Å². The summed E-state index contributed by atoms with van der Waals surface area (Å²) in [6.45, 7) is 2.79. The number of carbonyl (C=O) groups is 1. The number of thioether (sulfide) groups is 1. The van der Waals surface area contributed by atoms with Crippen LogP contribution in [0.5, 0.6) is 5.75 Å². The molecule has 1 saturated heterocycles. The van der Waals surface area contributed by atoms with Crippen molar-refractivity contribution >= 4 is 17.7 Å². The highest BCUT2D eigenvalue weighted by molar-refractivity contribution is 8.00. The fourth-order valence-electron chi connectivity index (χ4n) is 3.29. The molecule has 1 amide bonds. The van der Waals surface area contributed by atoms with Gasteiger partial charge in [-0.25, -0.2) is 0 Å². The van der Waals surface area contributed by atoms with Crippen molar-refractivity contribution in [2.45, 2.75) is 23.8 Å². The smallest absolute Gasteiger partial charge is 0.230 e. The number of ether oxygens (including phenoxy) is 1. The zero-order valence-electron chi connectivity index (χ0n) is 15.2. The molecule has 1 heterocycles. The summed E-state index contributed by atoms with van der Waals surface area (Å²) in [5, 5.41) is 3.12. The molecule has 1 unspecified atom stereocenters. The highest BCUT2D eigenvalue weighted by Crippen LogP contribution is 2.27. The van der Waals surface area contributed by atoms with Crippen molar-refractivity contribution in [2.75, 3.05) is 32.5 Å². The first-order chi connectivity index (χ1) is 12.8. The van der Waals surface area contributed by atoms with E-state index < -0.39 is 0 Å². The monoisotopic (exact) mass is 370 g/mol. The summed E-state index contributed by atoms with van der Waals surface area (Å²) in [5.74, 6) is 1.37. The lowest BCUT2D eigenvalue weighted by atomic mass is 10.0. The molecule has 2 aromatic carbocycles. The SMILES string of the molecule is COc1cccc(C(CNC(=O)CSc2ccccc2)N2CCCC2)c1. The van der Waals surface area contributed by atoms with Gasteiger partial charge in [0.2, 0.25) is 5.91 Å². The minimum Gasteiger partial charge on any atom is -0.497 e. The van der Waals surface area contributed by atoms with Crippen molar-refractivity contribution in [3.05, 3.63) is 60.2 Å². The van der Waals surface area contributed by atoms with Crippen LogP contribution in [0, 0.1) is 0 Å². The first kappa shape index (κ1) is 18.8. The molecule has 138 valence electrons. The van der Waals surface area contributed by atoms with Gasteiger partial charge in [-0.15, -0.1) is 11.8 Å². The standard InChI is InChI=1S/C21H26N2O2S/c1-25-18-9-7-8-17(14-18)20(23-12-5-6-13-23)15-22-21(24)16-26-19-10-3-2-4-11-19/h2-4,7-11,14,20H,5-6,12-13,15-16H2,1H3,(H,22,24). The van der Waals surface area contributed by atoms with Crippen LogP contribution in [0.15, 0.2) is 59.5 Å². The molecule has 0 bridgehead atoms. The molecule has 4 nitrogen and oxygen atoms in total. The number of amides is 1. The average Bonchev–Trinajstić information content (AvgIpc) is 3.22. The quantitative estimate of drug-likeness (QED) is 0.719. The van der Waals surface area contributed by atoms with E-state index in [9.17, 15) is 4.79 Å². The van der Waals surface area contributed by atoms with Crippen molar-refractivity contribution < 1.29 is 9.53 Å². The fourth-order valence-corrected chi connectivity index (χ4v) is 4.04. The summed E-state index contributed by atoms with van der Waals surface area (Å²) in [6, 6.07) is 18.4. The molecule has 1 aliphatic heterocycles. The van der Waals surface area contributed by atoms with Gasteiger partial charge in [0.15, 0.2) is 0 Å². The van der Waals surface area contributed by atoms with Gasteiger partial charge >= 0.3 is 0 Å². The molecule has 0 aromatic heterocycles. The Morgan fingerprint density at radius 2 is 1.92 bits per heavy atom. The van der Waals surface area contributed by atoms with Crippen LogP contribution in [-0.4, -0.2) is 43.3 Å². The van der Waals surface area contributed by atoms with Crippen LogP contribution >= 0.6 is 11.8 Å². The van der Waals surface area contributed by atoms with Gasteiger partial charge in [-0.2, -0.15) is 0 Å². The Balaban J connectivity index is 1.59. The number of rotatable bonds is 8. The van der Waals surface area contributed by atoms with Gasteiger partial charge in [0.25, 0.3) is 0 Å². The molecule has 1 aliphatic rings. The van der Waals surface area contributed by atoms with Crippen molar-refractivity contribution in [1.82, 2.24) is 10.2 Å². The average molecular weight is 371 g/mol. The van der Waals surface area contributed by atoms with Gasteiger partial charge in [0.1, 0.15) is 5.75 Å². The molecular weight excluding hydrogens is 344 g/mol. The Morgan fingerprint density at radius 3 is 2.65 bits per heavy atom. The third kappa shape index (κ3) is 5.26. The zero-order valence-corrected chi connectivity index (χ0v) is 16.0. The van der Waals surface area contributed by atoms with E-state index in [1.165, 1.54) is 18.4 Å². The lowest BCUT2D eigenvalue weighted by Gasteiger charge is -2.28. The number of hydrogen-bond acceptors (Lipinski definition) is 4. The normalized spacial score (nSPS) is 15.6. The van der Waals surface area contributed by atoms with Crippen molar-refractivity contribution in [3.63, 3.8) is 0 Å². The van der Waals surface area contributed by atoms with Crippen molar-refractivity contribution in [2.24, 2.45) is 0 Å². The van der Waals surface area contributed by atoms with Gasteiger partial charge in [0, 0.05) is 11.4 Å². The summed E-state index contributed by atoms with van der Waals surface area (Å²) in [5.41, 5.74) is 1.20. The van der Waals surface area contributed by atoms with Gasteiger partial charge in [0.05, 0.1) is 18.9 Å². The van der Waals surface area contributed by atoms with Crippen LogP contribution in [0.25, 0.3) is 0 Å². The molecule has 0 radical (unpaired) electrons. The topological polar surface area (TPSA) is 41.6 Å². The summed E-state index contributed by atoms with van der Waals surface area (Å²) in [6.07, 6.45) is 2.44. The second-order valence-electron chi connectivity index (χ2n) is 6.44. The summed E-state index contributed by atoms with van der Waals surface area (Å²) < 4.78 is 5.37. The number of nitrogens with zero attached hydrogens (tertiary/aromatic N) is 1. The molecule has 0 spiro atoms. The van der Waals surface area contributed by atoms with Gasteiger partial charge in [-0.3, -0.25) is 9.69 Å². The zero-order chi connectivity index (χ0) is 18.2. The fraction of sp³-hybridized carbons (Fsp3) is 0.381. The number of nitrogens with one attached hydrogen (secondary N) is 1. The lowest BCUT2D eigenvalue weighted by molar-refractivity contribution is -0.118. The van der Waals surface area contributed by atoms with Gasteiger partial charge in [-0.1, -0.05) is 30.3 Å². The molecule has 3 rings (SSSR count). The van der Waals surface area contributed by atoms with Crippen LogP contribution in [0.4, 0.5) is 0 Å². The Hall–Kier alpha value is -1.98. The van der Waals surface area contributed by atoms with Crippen LogP contribution in [0.2, 0.25) is 0 Å². The van der Waals surface area contributed by atoms with Crippen LogP contribution < -0.4 is 10.1 Å². The second-order valence-corrected chi connectivity index (χ2v) is 7.49. The first-order valence-corrected chi connectivity index (χ1v) is 10.1. The molecule has 26 heavy (non-hydrogen) atoms. The predicted molar refractivity (Wildman–Crippen MR) is 107 cm³/mol. The maximum atomic E-state index is 12.3. The lowest BCUT2D eigenvalue weighted by Crippen LogP contribution is -2.37. The van der Waals surface area contributed by atoms with Crippen molar-refractivity contribution in [3.8, 4) is 5.75 Å². The molecule has 5 heteroatoms. The van der Waals surface area contributed by atoms with Gasteiger partial charge < -0.3 is 10.1 Å². The molecule has 1 atom stereocenters. The Morgan fingerprint density at radius 1 is 1.15 bits per heavy atom. The third-order valence-electron chi connectivity index (χ3n) is 4.67. The molecule has 2 aromatic rings. The number of hydrogen-bond donors (Lipinski definition) is 1. The number of carbonyl (C=O) groups excluding carboxylic acids is 1. The largest absolute Gasteiger partial charge is 0.497 e. The summed E-state index contributed by atoms with van der Waals surface area (Å²) >= 11 is 1.57. The molecular formula is C21H26N2O2S. The highest BCUT2D eigenvalue weighted by atomic mass is 32.2. The highest BCUT2D eigenvalue weighted by Gasteiger charge is 2.24. The van der Waals surface area contributed by atoms with E-state index in [0.29, 0.717) is 12.3 Å². The van der Waals surface area contributed by atoms with Crippen molar-refractivity contribution in [1.29, 1.82) is 0 Å². The maximum Gasteiger partial charge on any atom is 0.230 e. The van der Waals surface area contributed by atoms with E-state index in [4.69, 9.17) is 4.74 Å².